The van der Waals surface area contributed by atoms with Crippen LogP contribution in [0.4, 0.5) is 11.6 Å². The molecule has 0 radical (unpaired) electrons. The van der Waals surface area contributed by atoms with Gasteiger partial charge in [0.15, 0.2) is 11.5 Å². The predicted octanol–water partition coefficient (Wildman–Crippen LogP) is 4.15. The van der Waals surface area contributed by atoms with E-state index in [0.29, 0.717) is 60.3 Å². The van der Waals surface area contributed by atoms with Gasteiger partial charge in [0.1, 0.15) is 17.9 Å². The summed E-state index contributed by atoms with van der Waals surface area (Å²) in [6.07, 6.45) is 3.38. The van der Waals surface area contributed by atoms with Crippen molar-refractivity contribution in [3.05, 3.63) is 54.2 Å². The highest BCUT2D eigenvalue weighted by Crippen LogP contribution is 2.32. The van der Waals surface area contributed by atoms with Crippen LogP contribution >= 0.6 is 12.6 Å². The summed E-state index contributed by atoms with van der Waals surface area (Å²) < 4.78 is 23.3. The van der Waals surface area contributed by atoms with Crippen LogP contribution in [-0.2, 0) is 4.74 Å². The fraction of sp³-hybridized carbons (Fsp3) is 0.452. The Morgan fingerprint density at radius 2 is 2.00 bits per heavy atom. The van der Waals surface area contributed by atoms with Gasteiger partial charge in [0.2, 0.25) is 5.95 Å². The molecule has 3 aromatic rings. The highest BCUT2D eigenvalue weighted by molar-refractivity contribution is 7.80. The fourth-order valence-electron chi connectivity index (χ4n) is 5.17. The van der Waals surface area contributed by atoms with E-state index in [1.807, 2.05) is 36.4 Å². The minimum absolute atomic E-state index is 0.0562. The second-order valence-corrected chi connectivity index (χ2v) is 11.0. The van der Waals surface area contributed by atoms with Crippen molar-refractivity contribution in [1.29, 1.82) is 5.26 Å². The van der Waals surface area contributed by atoms with Crippen LogP contribution in [0.1, 0.15) is 18.4 Å². The minimum Gasteiger partial charge on any atom is -0.493 e. The first-order chi connectivity index (χ1) is 20.6. The summed E-state index contributed by atoms with van der Waals surface area (Å²) in [5, 5.41) is 16.6. The molecule has 1 aromatic heterocycles. The number of ether oxygens (including phenoxy) is 4. The molecule has 2 aliphatic heterocycles. The fourth-order valence-corrected chi connectivity index (χ4v) is 5.53. The molecular formula is C31H38N6O4S. The zero-order chi connectivity index (χ0) is 29.3. The Bertz CT molecular complexity index is 1380. The first kappa shape index (κ1) is 29.9. The summed E-state index contributed by atoms with van der Waals surface area (Å²) in [4.78, 5) is 11.4. The summed E-state index contributed by atoms with van der Waals surface area (Å²) >= 11 is 4.58. The molecule has 2 aromatic carbocycles. The summed E-state index contributed by atoms with van der Waals surface area (Å²) in [5.41, 5.74) is 2.72. The summed E-state index contributed by atoms with van der Waals surface area (Å²) in [6.45, 7) is 4.87. The molecule has 2 saturated heterocycles. The molecule has 222 valence electrons. The van der Waals surface area contributed by atoms with Gasteiger partial charge in [-0.1, -0.05) is 0 Å². The monoisotopic (exact) mass is 590 g/mol. The van der Waals surface area contributed by atoms with Crippen molar-refractivity contribution in [2.75, 3.05) is 64.7 Å². The molecule has 0 amide bonds. The average Bonchev–Trinajstić information content (AvgIpc) is 3.02. The molecule has 2 unspecified atom stereocenters. The van der Waals surface area contributed by atoms with Gasteiger partial charge < -0.3 is 34.5 Å². The van der Waals surface area contributed by atoms with E-state index < -0.39 is 0 Å². The van der Waals surface area contributed by atoms with E-state index in [1.54, 1.807) is 19.4 Å². The van der Waals surface area contributed by atoms with Crippen molar-refractivity contribution in [2.45, 2.75) is 25.0 Å². The number of thiol groups is 1. The van der Waals surface area contributed by atoms with Gasteiger partial charge in [0.05, 0.1) is 38.2 Å². The summed E-state index contributed by atoms with van der Waals surface area (Å²) in [7, 11) is 3.76. The lowest BCUT2D eigenvalue weighted by atomic mass is 10.0. The Kier molecular flexibility index (Phi) is 10.4. The minimum atomic E-state index is 0.0562. The quantitative estimate of drug-likeness (QED) is 0.282. The van der Waals surface area contributed by atoms with Gasteiger partial charge in [-0.25, -0.2) is 9.97 Å². The van der Waals surface area contributed by atoms with Crippen molar-refractivity contribution < 1.29 is 18.9 Å². The number of nitrogens with zero attached hydrogens (tertiary/aromatic N) is 4. The van der Waals surface area contributed by atoms with Crippen LogP contribution in [0.5, 0.6) is 17.2 Å². The lowest BCUT2D eigenvalue weighted by molar-refractivity contribution is 0.0254. The highest BCUT2D eigenvalue weighted by Gasteiger charge is 2.25. The molecule has 2 fully saturated rings. The van der Waals surface area contributed by atoms with E-state index in [9.17, 15) is 5.26 Å². The van der Waals surface area contributed by atoms with Crippen LogP contribution in [0.15, 0.2) is 48.7 Å². The third kappa shape index (κ3) is 7.63. The van der Waals surface area contributed by atoms with Crippen LogP contribution in [0.3, 0.4) is 0 Å². The number of nitriles is 1. The van der Waals surface area contributed by atoms with Crippen molar-refractivity contribution in [2.24, 2.45) is 5.92 Å². The van der Waals surface area contributed by atoms with E-state index in [0.717, 1.165) is 49.5 Å². The van der Waals surface area contributed by atoms with Gasteiger partial charge in [0.25, 0.3) is 0 Å². The molecule has 5 rings (SSSR count). The van der Waals surface area contributed by atoms with E-state index in [1.165, 1.54) is 0 Å². The van der Waals surface area contributed by atoms with Gasteiger partial charge >= 0.3 is 0 Å². The Hall–Kier alpha value is -3.56. The number of nitrogens with one attached hydrogen (secondary N) is 2. The molecule has 10 nitrogen and oxygen atoms in total. The van der Waals surface area contributed by atoms with Crippen LogP contribution in [-0.4, -0.2) is 86.4 Å². The van der Waals surface area contributed by atoms with Crippen LogP contribution in [0.2, 0.25) is 0 Å². The van der Waals surface area contributed by atoms with E-state index >= 15 is 0 Å². The van der Waals surface area contributed by atoms with Crippen molar-refractivity contribution >= 4 is 24.3 Å². The standard InChI is InChI=1S/C31H38N6O4S/c1-37-12-11-33-27(18-37)23(20-42)19-40-29-6-4-24(16-30(29)38-2)35-31-34-10-7-26(36-31)21-3-5-28(22(15-21)17-32)41-25-8-13-39-14-9-25/h3-7,10,15-16,23,25,27,33,42H,8-9,11-14,18-20H2,1-2H3,(H,34,35,36). The Labute approximate surface area is 252 Å². The summed E-state index contributed by atoms with van der Waals surface area (Å²) in [6, 6.07) is 15.6. The Morgan fingerprint density at radius 1 is 1.17 bits per heavy atom. The van der Waals surface area contributed by atoms with Crippen LogP contribution in [0.25, 0.3) is 11.3 Å². The normalized spacial score (nSPS) is 18.6. The number of likely N-dealkylation sites (N-methyl/N-ethyl adjacent to an activating group) is 1. The van der Waals surface area contributed by atoms with E-state index in [-0.39, 0.29) is 12.0 Å². The smallest absolute Gasteiger partial charge is 0.227 e. The van der Waals surface area contributed by atoms with Gasteiger partial charge in [-0.05, 0) is 49.2 Å². The number of rotatable bonds is 11. The van der Waals surface area contributed by atoms with Crippen LogP contribution < -0.4 is 24.8 Å². The first-order valence-corrected chi connectivity index (χ1v) is 14.9. The Morgan fingerprint density at radius 3 is 2.76 bits per heavy atom. The second-order valence-electron chi connectivity index (χ2n) is 10.6. The van der Waals surface area contributed by atoms with Gasteiger partial charge in [0, 0.05) is 67.9 Å². The number of benzene rings is 2. The zero-order valence-corrected chi connectivity index (χ0v) is 25.0. The molecule has 0 bridgehead atoms. The molecule has 0 saturated carbocycles. The molecule has 11 heteroatoms. The van der Waals surface area contributed by atoms with Crippen molar-refractivity contribution in [3.8, 4) is 34.6 Å². The van der Waals surface area contributed by atoms with Crippen LogP contribution in [0, 0.1) is 17.2 Å². The number of hydrogen-bond acceptors (Lipinski definition) is 11. The molecule has 2 aliphatic rings. The maximum absolute atomic E-state index is 9.77. The van der Waals surface area contributed by atoms with Crippen molar-refractivity contribution in [1.82, 2.24) is 20.2 Å². The lowest BCUT2D eigenvalue weighted by Crippen LogP contribution is -2.54. The zero-order valence-electron chi connectivity index (χ0n) is 24.1. The third-order valence-electron chi connectivity index (χ3n) is 7.60. The second kappa shape index (κ2) is 14.6. The molecule has 42 heavy (non-hydrogen) atoms. The molecular weight excluding hydrogens is 552 g/mol. The number of piperazine rings is 1. The number of aromatic nitrogens is 2. The number of hydrogen-bond donors (Lipinski definition) is 3. The SMILES string of the molecule is COc1cc(Nc2nccc(-c3ccc(OC4CCOCC4)c(C#N)c3)n2)ccc1OCC(CS)C1CN(C)CCN1. The van der Waals surface area contributed by atoms with Gasteiger partial charge in [-0.3, -0.25) is 0 Å². The van der Waals surface area contributed by atoms with Crippen molar-refractivity contribution in [3.63, 3.8) is 0 Å². The van der Waals surface area contributed by atoms with E-state index in [2.05, 4.69) is 51.2 Å². The largest absolute Gasteiger partial charge is 0.493 e. The highest BCUT2D eigenvalue weighted by atomic mass is 32.1. The first-order valence-electron chi connectivity index (χ1n) is 14.3. The molecule has 3 heterocycles. The molecule has 2 atom stereocenters. The van der Waals surface area contributed by atoms with Gasteiger partial charge in [-0.15, -0.1) is 0 Å². The lowest BCUT2D eigenvalue weighted by Gasteiger charge is -2.35. The third-order valence-corrected chi connectivity index (χ3v) is 8.07. The molecule has 0 aliphatic carbocycles. The summed E-state index contributed by atoms with van der Waals surface area (Å²) in [5.74, 6) is 3.27. The number of methoxy groups -OCH3 is 1. The average molecular weight is 591 g/mol. The van der Waals surface area contributed by atoms with Gasteiger partial charge in [-0.2, -0.15) is 17.9 Å². The maximum Gasteiger partial charge on any atom is 0.227 e. The molecule has 2 N–H and O–H groups in total. The molecule has 0 spiro atoms. The maximum atomic E-state index is 9.77. The van der Waals surface area contributed by atoms with E-state index in [4.69, 9.17) is 18.9 Å². The number of anilines is 2. The topological polar surface area (TPSA) is 114 Å². The Balaban J connectivity index is 1.25. The predicted molar refractivity (Wildman–Crippen MR) is 165 cm³/mol.